The number of rotatable bonds is 5. The van der Waals surface area contributed by atoms with Gasteiger partial charge in [0.15, 0.2) is 12.0 Å². The Balaban J connectivity index is 1.58. The third kappa shape index (κ3) is 5.18. The van der Waals surface area contributed by atoms with Crippen LogP contribution in [-0.4, -0.2) is 47.9 Å². The molecule has 39 heavy (non-hydrogen) atoms. The Labute approximate surface area is 225 Å². The third-order valence-electron chi connectivity index (χ3n) is 6.52. The summed E-state index contributed by atoms with van der Waals surface area (Å²) in [7, 11) is 1.35. The van der Waals surface area contributed by atoms with Crippen LogP contribution in [0.25, 0.3) is 16.1 Å². The minimum atomic E-state index is -4.75. The van der Waals surface area contributed by atoms with Crippen LogP contribution in [0.3, 0.4) is 0 Å². The van der Waals surface area contributed by atoms with Crippen LogP contribution >= 0.6 is 11.6 Å². The second-order valence-corrected chi connectivity index (χ2v) is 9.24. The zero-order valence-corrected chi connectivity index (χ0v) is 21.0. The second-order valence-electron chi connectivity index (χ2n) is 8.80. The first-order valence-corrected chi connectivity index (χ1v) is 12.0. The molecule has 14 heteroatoms. The van der Waals surface area contributed by atoms with E-state index in [1.165, 1.54) is 13.2 Å². The molecule has 2 aromatic carbocycles. The van der Waals surface area contributed by atoms with E-state index in [4.69, 9.17) is 30.5 Å². The maximum Gasteiger partial charge on any atom is 0.418 e. The minimum Gasteiger partial charge on any atom is -0.378 e. The number of halogens is 4. The third-order valence-corrected chi connectivity index (χ3v) is 6.75. The molecule has 0 bridgehead atoms. The molecular formula is C25H20ClF3N6O4. The topological polar surface area (TPSA) is 127 Å². The number of nitriles is 1. The Hall–Kier alpha value is -3.63. The Morgan fingerprint density at radius 1 is 1.21 bits per heavy atom. The molecule has 0 spiro atoms. The summed E-state index contributed by atoms with van der Waals surface area (Å²) >= 11 is 6.05. The van der Waals surface area contributed by atoms with Gasteiger partial charge in [0.2, 0.25) is 0 Å². The van der Waals surface area contributed by atoms with Gasteiger partial charge >= 0.3 is 6.18 Å². The van der Waals surface area contributed by atoms with Gasteiger partial charge in [-0.25, -0.2) is 4.68 Å². The monoisotopic (exact) mass is 560 g/mol. The molecular weight excluding hydrogens is 541 g/mol. The summed E-state index contributed by atoms with van der Waals surface area (Å²) in [5.74, 6) is 0. The molecule has 202 valence electrons. The van der Waals surface area contributed by atoms with Crippen LogP contribution in [0, 0.1) is 11.3 Å². The van der Waals surface area contributed by atoms with Crippen LogP contribution < -0.4 is 0 Å². The average Bonchev–Trinajstić information content (AvgIpc) is 3.37. The van der Waals surface area contributed by atoms with Gasteiger partial charge in [-0.05, 0) is 23.7 Å². The maximum atomic E-state index is 13.9. The maximum absolute atomic E-state index is 13.9. The summed E-state index contributed by atoms with van der Waals surface area (Å²) in [6.45, 7) is 0.0266. The van der Waals surface area contributed by atoms with Crippen molar-refractivity contribution in [3.63, 3.8) is 0 Å². The molecule has 6 atom stereocenters. The van der Waals surface area contributed by atoms with E-state index in [-0.39, 0.29) is 23.0 Å². The van der Waals surface area contributed by atoms with Crippen LogP contribution in [0.2, 0.25) is 5.02 Å². The van der Waals surface area contributed by atoms with Gasteiger partial charge in [-0.1, -0.05) is 47.0 Å². The molecule has 5 rings (SSSR count). The molecule has 10 nitrogen and oxygen atoms in total. The number of nitrogens with zero attached hydrogens (tertiary/aromatic N) is 6. The van der Waals surface area contributed by atoms with E-state index >= 15 is 0 Å². The number of fused-ring (bicyclic) bond motifs is 1. The van der Waals surface area contributed by atoms with Crippen LogP contribution in [0.15, 0.2) is 59.7 Å². The van der Waals surface area contributed by atoms with Crippen molar-refractivity contribution >= 4 is 11.6 Å². The predicted octanol–water partition coefficient (Wildman–Crippen LogP) is 5.66. The fraction of sp³-hybridized carbons (Fsp3) is 0.360. The first kappa shape index (κ1) is 27.0. The van der Waals surface area contributed by atoms with Crippen molar-refractivity contribution < 1.29 is 32.1 Å². The van der Waals surface area contributed by atoms with E-state index in [9.17, 15) is 24.0 Å². The molecule has 3 aromatic rings. The Bertz CT molecular complexity index is 1440. The summed E-state index contributed by atoms with van der Waals surface area (Å²) < 4.78 is 66.7. The highest BCUT2D eigenvalue weighted by atomic mass is 35.5. The van der Waals surface area contributed by atoms with E-state index in [0.717, 1.165) is 28.4 Å². The van der Waals surface area contributed by atoms with E-state index in [2.05, 4.69) is 15.1 Å². The molecule has 0 aliphatic carbocycles. The van der Waals surface area contributed by atoms with Gasteiger partial charge in [0.1, 0.15) is 30.5 Å². The zero-order valence-electron chi connectivity index (χ0n) is 20.2. The van der Waals surface area contributed by atoms with E-state index in [1.54, 1.807) is 0 Å². The van der Waals surface area contributed by atoms with E-state index in [0.29, 0.717) is 0 Å². The Morgan fingerprint density at radius 3 is 2.64 bits per heavy atom. The fourth-order valence-corrected chi connectivity index (χ4v) is 5.00. The zero-order chi connectivity index (χ0) is 27.7. The molecule has 2 aliphatic heterocycles. The lowest BCUT2D eigenvalue weighted by Crippen LogP contribution is -2.59. The number of azide groups is 1. The number of benzene rings is 2. The molecule has 0 amide bonds. The summed E-state index contributed by atoms with van der Waals surface area (Å²) in [4.78, 5) is 2.96. The molecule has 0 radical (unpaired) electrons. The number of ether oxygens (including phenoxy) is 4. The molecule has 2 saturated heterocycles. The Kier molecular flexibility index (Phi) is 7.51. The minimum absolute atomic E-state index is 0.0266. The highest BCUT2D eigenvalue weighted by Gasteiger charge is 2.51. The summed E-state index contributed by atoms with van der Waals surface area (Å²) in [5.41, 5.74) is 8.57. The second kappa shape index (κ2) is 10.9. The summed E-state index contributed by atoms with van der Waals surface area (Å²) in [5, 5.41) is 17.6. The SMILES string of the molecule is COC1[C@@H](N=[N+]=[N-])[C@H]2OC(c3ccccc3)OCC2O[C@H]1c1cc(C#N)nn1-c1cc(Cl)ccc1C(F)(F)F. The number of methoxy groups -OCH3 is 1. The lowest BCUT2D eigenvalue weighted by atomic mass is 9.90. The lowest BCUT2D eigenvalue weighted by Gasteiger charge is -2.48. The van der Waals surface area contributed by atoms with Crippen molar-refractivity contribution in [2.24, 2.45) is 5.11 Å². The molecule has 1 aromatic heterocycles. The quantitative estimate of drug-likeness (QED) is 0.225. The van der Waals surface area contributed by atoms with Crippen LogP contribution in [0.4, 0.5) is 13.2 Å². The van der Waals surface area contributed by atoms with E-state index in [1.807, 2.05) is 36.4 Å². The summed E-state index contributed by atoms with van der Waals surface area (Å²) in [6, 6.07) is 14.3. The van der Waals surface area contributed by atoms with Crippen molar-refractivity contribution in [2.45, 2.75) is 42.9 Å². The number of alkyl halides is 3. The smallest absolute Gasteiger partial charge is 0.378 e. The molecule has 0 saturated carbocycles. The molecule has 2 aliphatic rings. The van der Waals surface area contributed by atoms with Crippen LogP contribution in [0.1, 0.15) is 34.9 Å². The van der Waals surface area contributed by atoms with Crippen LogP contribution in [0.5, 0.6) is 0 Å². The van der Waals surface area contributed by atoms with Gasteiger partial charge in [-0.3, -0.25) is 0 Å². The molecule has 3 unspecified atom stereocenters. The van der Waals surface area contributed by atoms with Crippen molar-refractivity contribution in [1.29, 1.82) is 5.26 Å². The summed E-state index contributed by atoms with van der Waals surface area (Å²) in [6.07, 6.45) is -9.25. The lowest BCUT2D eigenvalue weighted by molar-refractivity contribution is -0.310. The van der Waals surface area contributed by atoms with Crippen LogP contribution in [-0.2, 0) is 25.1 Å². The van der Waals surface area contributed by atoms with Gasteiger partial charge in [0.05, 0.1) is 29.6 Å². The first-order valence-electron chi connectivity index (χ1n) is 11.7. The standard InChI is InChI=1S/C25H20ClF3N6O4/c1-36-23-20(32-34-31)22-19(12-37-24(39-22)13-5-3-2-4-6-13)38-21(23)18-10-15(11-30)33-35(18)17-9-14(26)7-8-16(17)25(27,28)29/h2-10,19-24H,12H2,1H3/t19?,20-,21-,22-,23?,24?/m0/s1. The van der Waals surface area contributed by atoms with Gasteiger partial charge in [0.25, 0.3) is 0 Å². The largest absolute Gasteiger partial charge is 0.418 e. The molecule has 2 fully saturated rings. The Morgan fingerprint density at radius 2 is 1.97 bits per heavy atom. The van der Waals surface area contributed by atoms with E-state index < -0.39 is 54.2 Å². The molecule has 3 heterocycles. The van der Waals surface area contributed by atoms with Gasteiger partial charge in [-0.2, -0.15) is 23.5 Å². The predicted molar refractivity (Wildman–Crippen MR) is 130 cm³/mol. The van der Waals surface area contributed by atoms with Gasteiger partial charge in [0, 0.05) is 28.7 Å². The molecule has 0 N–H and O–H groups in total. The average molecular weight is 561 g/mol. The van der Waals surface area contributed by atoms with Gasteiger partial charge < -0.3 is 18.9 Å². The number of hydrogen-bond donors (Lipinski definition) is 0. The number of aromatic nitrogens is 2. The van der Waals surface area contributed by atoms with Crippen molar-refractivity contribution in [1.82, 2.24) is 9.78 Å². The van der Waals surface area contributed by atoms with Crippen molar-refractivity contribution in [2.75, 3.05) is 13.7 Å². The van der Waals surface area contributed by atoms with Crippen molar-refractivity contribution in [3.05, 3.63) is 92.6 Å². The first-order chi connectivity index (χ1) is 18.7. The number of hydrogen-bond acceptors (Lipinski definition) is 7. The highest BCUT2D eigenvalue weighted by molar-refractivity contribution is 6.30. The normalized spacial score (nSPS) is 26.8. The van der Waals surface area contributed by atoms with Crippen molar-refractivity contribution in [3.8, 4) is 11.8 Å². The van der Waals surface area contributed by atoms with Gasteiger partial charge in [-0.15, -0.1) is 0 Å². The highest BCUT2D eigenvalue weighted by Crippen LogP contribution is 2.43. The fourth-order valence-electron chi connectivity index (χ4n) is 4.84.